The van der Waals surface area contributed by atoms with Crippen LogP contribution in [0.4, 0.5) is 0 Å². The first-order valence-electron chi connectivity index (χ1n) is 5.99. The van der Waals surface area contributed by atoms with Gasteiger partial charge in [-0.05, 0) is 48.6 Å². The van der Waals surface area contributed by atoms with Gasteiger partial charge in [-0.1, -0.05) is 12.1 Å². The van der Waals surface area contributed by atoms with Gasteiger partial charge >= 0.3 is 0 Å². The second-order valence-electron chi connectivity index (χ2n) is 5.03. The Hall–Kier alpha value is -0.510. The molecule has 0 radical (unpaired) electrons. The molecule has 0 amide bonds. The summed E-state index contributed by atoms with van der Waals surface area (Å²) < 4.78 is 0. The van der Waals surface area contributed by atoms with Crippen molar-refractivity contribution in [3.8, 4) is 0 Å². The first kappa shape index (κ1) is 10.6. The van der Waals surface area contributed by atoms with Gasteiger partial charge in [0.2, 0.25) is 0 Å². The molecule has 2 nitrogen and oxygen atoms in total. The molecule has 86 valence electrons. The monoisotopic (exact) mass is 234 g/mol. The molecule has 1 heterocycles. The van der Waals surface area contributed by atoms with Crippen LogP contribution in [0.1, 0.15) is 36.4 Å². The average Bonchev–Trinajstić information content (AvgIpc) is 3.07. The van der Waals surface area contributed by atoms with E-state index in [2.05, 4.69) is 18.2 Å². The average molecular weight is 234 g/mol. The van der Waals surface area contributed by atoms with Crippen LogP contribution in [-0.2, 0) is 6.42 Å². The Morgan fingerprint density at radius 2 is 2.12 bits per heavy atom. The first-order chi connectivity index (χ1) is 7.69. The fourth-order valence-electron chi connectivity index (χ4n) is 2.36. The second kappa shape index (κ2) is 3.76. The van der Waals surface area contributed by atoms with E-state index in [1.165, 1.54) is 34.6 Å². The molecule has 1 aromatic rings. The predicted molar refractivity (Wildman–Crippen MR) is 68.6 cm³/mol. The van der Waals surface area contributed by atoms with Gasteiger partial charge in [0.1, 0.15) is 0 Å². The van der Waals surface area contributed by atoms with Crippen LogP contribution in [0.2, 0.25) is 0 Å². The molecule has 16 heavy (non-hydrogen) atoms. The lowest BCUT2D eigenvalue weighted by atomic mass is 9.96. The normalized spacial score (nSPS) is 23.6. The van der Waals surface area contributed by atoms with E-state index in [0.29, 0.717) is 0 Å². The molecule has 1 aromatic carbocycles. The molecule has 1 aliphatic carbocycles. The number of benzene rings is 1. The Morgan fingerprint density at radius 1 is 1.31 bits per heavy atom. The van der Waals surface area contributed by atoms with Crippen molar-refractivity contribution in [3.05, 3.63) is 29.3 Å². The molecule has 0 saturated heterocycles. The summed E-state index contributed by atoms with van der Waals surface area (Å²) in [4.78, 5) is 1.43. The highest BCUT2D eigenvalue weighted by molar-refractivity contribution is 7.99. The Kier molecular flexibility index (Phi) is 2.50. The molecular weight excluding hydrogens is 216 g/mol. The summed E-state index contributed by atoms with van der Waals surface area (Å²) in [5, 5.41) is 0. The minimum atomic E-state index is -0.115. The van der Waals surface area contributed by atoms with Crippen molar-refractivity contribution >= 4 is 11.8 Å². The molecule has 1 saturated carbocycles. The van der Waals surface area contributed by atoms with Gasteiger partial charge in [0.05, 0.1) is 0 Å². The molecule has 1 atom stereocenters. The number of fused-ring (bicyclic) bond motifs is 1. The van der Waals surface area contributed by atoms with Crippen molar-refractivity contribution in [2.24, 2.45) is 11.5 Å². The van der Waals surface area contributed by atoms with Gasteiger partial charge in [-0.25, -0.2) is 0 Å². The minimum absolute atomic E-state index is 0.0183. The van der Waals surface area contributed by atoms with E-state index in [-0.39, 0.29) is 11.6 Å². The van der Waals surface area contributed by atoms with Crippen LogP contribution in [-0.4, -0.2) is 11.3 Å². The minimum Gasteiger partial charge on any atom is -0.323 e. The number of nitrogens with two attached hydrogens (primary N) is 2. The molecule has 0 bridgehead atoms. The van der Waals surface area contributed by atoms with Gasteiger partial charge in [0.15, 0.2) is 0 Å². The van der Waals surface area contributed by atoms with Gasteiger partial charge in [-0.3, -0.25) is 0 Å². The van der Waals surface area contributed by atoms with E-state index in [1.807, 2.05) is 11.8 Å². The van der Waals surface area contributed by atoms with Gasteiger partial charge in [-0.2, -0.15) is 0 Å². The van der Waals surface area contributed by atoms with Crippen molar-refractivity contribution in [1.29, 1.82) is 0 Å². The van der Waals surface area contributed by atoms with Gasteiger partial charge in [0, 0.05) is 16.5 Å². The van der Waals surface area contributed by atoms with E-state index in [4.69, 9.17) is 11.5 Å². The third kappa shape index (κ3) is 1.77. The zero-order chi connectivity index (χ0) is 11.2. The molecule has 0 spiro atoms. The Labute approximate surface area is 101 Å². The molecule has 1 fully saturated rings. The van der Waals surface area contributed by atoms with E-state index >= 15 is 0 Å². The lowest BCUT2D eigenvalue weighted by molar-refractivity contribution is 0.535. The fourth-order valence-corrected chi connectivity index (χ4v) is 3.38. The van der Waals surface area contributed by atoms with Crippen LogP contribution >= 0.6 is 11.8 Å². The molecule has 0 aromatic heterocycles. The SMILES string of the molecule is NC(c1ccc2c(c1)CCCS2)C1(N)CC1. The maximum atomic E-state index is 6.24. The molecule has 1 unspecified atom stereocenters. The van der Waals surface area contributed by atoms with E-state index in [1.54, 1.807) is 0 Å². The zero-order valence-corrected chi connectivity index (χ0v) is 10.2. The quantitative estimate of drug-likeness (QED) is 0.825. The van der Waals surface area contributed by atoms with Crippen molar-refractivity contribution in [2.75, 3.05) is 5.75 Å². The van der Waals surface area contributed by atoms with Crippen molar-refractivity contribution < 1.29 is 0 Å². The summed E-state index contributed by atoms with van der Waals surface area (Å²) in [5.74, 6) is 1.25. The molecule has 3 heteroatoms. The van der Waals surface area contributed by atoms with Crippen LogP contribution in [0.5, 0.6) is 0 Å². The van der Waals surface area contributed by atoms with Gasteiger partial charge in [-0.15, -0.1) is 11.8 Å². The Bertz CT molecular complexity index is 412. The van der Waals surface area contributed by atoms with E-state index < -0.39 is 0 Å². The van der Waals surface area contributed by atoms with Crippen molar-refractivity contribution in [2.45, 2.75) is 42.2 Å². The molecule has 3 rings (SSSR count). The number of aryl methyl sites for hydroxylation is 1. The number of rotatable bonds is 2. The summed E-state index contributed by atoms with van der Waals surface area (Å²) in [5.41, 5.74) is 15.0. The smallest absolute Gasteiger partial charge is 0.0477 e. The van der Waals surface area contributed by atoms with Crippen LogP contribution in [0, 0.1) is 0 Å². The lowest BCUT2D eigenvalue weighted by Crippen LogP contribution is -2.36. The maximum absolute atomic E-state index is 6.24. The van der Waals surface area contributed by atoms with Crippen LogP contribution in [0.15, 0.2) is 23.1 Å². The zero-order valence-electron chi connectivity index (χ0n) is 9.41. The Morgan fingerprint density at radius 3 is 2.88 bits per heavy atom. The number of thioether (sulfide) groups is 1. The van der Waals surface area contributed by atoms with Gasteiger partial charge < -0.3 is 11.5 Å². The summed E-state index contributed by atoms with van der Waals surface area (Å²) in [6.07, 6.45) is 4.62. The first-order valence-corrected chi connectivity index (χ1v) is 6.98. The standard InChI is InChI=1S/C13H18N2S/c14-12(13(15)5-6-13)10-3-4-11-9(8-10)2-1-7-16-11/h3-4,8,12H,1-2,5-7,14-15H2. The number of hydrogen-bond donors (Lipinski definition) is 2. The molecule has 1 aliphatic heterocycles. The highest BCUT2D eigenvalue weighted by Crippen LogP contribution is 2.43. The highest BCUT2D eigenvalue weighted by atomic mass is 32.2. The summed E-state index contributed by atoms with van der Waals surface area (Å²) in [6, 6.07) is 6.68. The third-order valence-corrected chi connectivity index (χ3v) is 4.94. The van der Waals surface area contributed by atoms with E-state index in [0.717, 1.165) is 12.8 Å². The maximum Gasteiger partial charge on any atom is 0.0477 e. The number of hydrogen-bond acceptors (Lipinski definition) is 3. The van der Waals surface area contributed by atoms with Crippen LogP contribution in [0.3, 0.4) is 0 Å². The van der Waals surface area contributed by atoms with E-state index in [9.17, 15) is 0 Å². The summed E-state index contributed by atoms with van der Waals surface area (Å²) >= 11 is 1.96. The van der Waals surface area contributed by atoms with Crippen LogP contribution in [0.25, 0.3) is 0 Å². The fraction of sp³-hybridized carbons (Fsp3) is 0.538. The van der Waals surface area contributed by atoms with Crippen molar-refractivity contribution in [3.63, 3.8) is 0 Å². The predicted octanol–water partition coefficient (Wildman–Crippen LogP) is 2.22. The topological polar surface area (TPSA) is 52.0 Å². The highest BCUT2D eigenvalue weighted by Gasteiger charge is 2.44. The Balaban J connectivity index is 1.90. The molecular formula is C13H18N2S. The van der Waals surface area contributed by atoms with Crippen LogP contribution < -0.4 is 11.5 Å². The molecule has 2 aliphatic rings. The third-order valence-electron chi connectivity index (χ3n) is 3.74. The lowest BCUT2D eigenvalue weighted by Gasteiger charge is -2.22. The largest absolute Gasteiger partial charge is 0.323 e. The second-order valence-corrected chi connectivity index (χ2v) is 6.17. The van der Waals surface area contributed by atoms with Gasteiger partial charge in [0.25, 0.3) is 0 Å². The summed E-state index contributed by atoms with van der Waals surface area (Å²) in [7, 11) is 0. The summed E-state index contributed by atoms with van der Waals surface area (Å²) in [6.45, 7) is 0. The van der Waals surface area contributed by atoms with Crippen molar-refractivity contribution in [1.82, 2.24) is 0 Å². The molecule has 4 N–H and O–H groups in total.